The van der Waals surface area contributed by atoms with Crippen LogP contribution in [0.3, 0.4) is 0 Å². The van der Waals surface area contributed by atoms with E-state index in [0.717, 1.165) is 26.1 Å². The molecule has 1 amide bonds. The fraction of sp³-hybridized carbons (Fsp3) is 0.917. The van der Waals surface area contributed by atoms with Gasteiger partial charge in [-0.3, -0.25) is 4.79 Å². The third-order valence-corrected chi connectivity index (χ3v) is 3.96. The lowest BCUT2D eigenvalue weighted by molar-refractivity contribution is -0.133. The lowest BCUT2D eigenvalue weighted by Crippen LogP contribution is -2.43. The van der Waals surface area contributed by atoms with Crippen molar-refractivity contribution in [3.8, 4) is 0 Å². The van der Waals surface area contributed by atoms with Crippen LogP contribution in [0.2, 0.25) is 0 Å². The first-order chi connectivity index (χ1) is 7.76. The maximum absolute atomic E-state index is 12.0. The molecule has 4 heteroatoms. The topological polar surface area (TPSA) is 49.6 Å². The molecule has 0 spiro atoms. The monoisotopic (exact) mass is 225 g/mol. The Bertz CT molecular complexity index is 257. The molecule has 2 heterocycles. The lowest BCUT2D eigenvalue weighted by atomic mass is 10.1. The molecule has 0 aliphatic carbocycles. The summed E-state index contributed by atoms with van der Waals surface area (Å²) < 4.78 is 0. The second-order valence-electron chi connectivity index (χ2n) is 4.91. The van der Waals surface area contributed by atoms with Crippen molar-refractivity contribution in [3.05, 3.63) is 0 Å². The highest BCUT2D eigenvalue weighted by Gasteiger charge is 2.38. The summed E-state index contributed by atoms with van der Waals surface area (Å²) in [6.07, 6.45) is 4.02. The molecular weight excluding hydrogens is 202 g/mol. The van der Waals surface area contributed by atoms with Gasteiger partial charge in [0, 0.05) is 38.1 Å². The van der Waals surface area contributed by atoms with Crippen LogP contribution in [0.4, 0.5) is 0 Å². The molecule has 0 saturated carbocycles. The van der Waals surface area contributed by atoms with Crippen molar-refractivity contribution in [1.82, 2.24) is 9.80 Å². The van der Waals surface area contributed by atoms with Gasteiger partial charge in [0.15, 0.2) is 0 Å². The summed E-state index contributed by atoms with van der Waals surface area (Å²) in [5.41, 5.74) is 5.48. The molecule has 2 fully saturated rings. The Morgan fingerprint density at radius 1 is 1.31 bits per heavy atom. The number of rotatable bonds is 3. The molecule has 4 nitrogen and oxygen atoms in total. The third kappa shape index (κ3) is 2.23. The van der Waals surface area contributed by atoms with Gasteiger partial charge in [-0.15, -0.1) is 0 Å². The van der Waals surface area contributed by atoms with Crippen molar-refractivity contribution < 1.29 is 4.79 Å². The van der Waals surface area contributed by atoms with Crippen LogP contribution < -0.4 is 5.73 Å². The predicted molar refractivity (Wildman–Crippen MR) is 64.1 cm³/mol. The van der Waals surface area contributed by atoms with Gasteiger partial charge in [0.1, 0.15) is 0 Å². The van der Waals surface area contributed by atoms with E-state index >= 15 is 0 Å². The minimum Gasteiger partial charge on any atom is -0.335 e. The van der Waals surface area contributed by atoms with Gasteiger partial charge in [0.05, 0.1) is 0 Å². The summed E-state index contributed by atoms with van der Waals surface area (Å²) in [5.74, 6) is 0.271. The van der Waals surface area contributed by atoms with E-state index in [1.54, 1.807) is 0 Å². The minimum absolute atomic E-state index is 0.271. The highest BCUT2D eigenvalue weighted by molar-refractivity contribution is 5.77. The van der Waals surface area contributed by atoms with Crippen molar-refractivity contribution in [1.29, 1.82) is 0 Å². The van der Waals surface area contributed by atoms with Gasteiger partial charge >= 0.3 is 0 Å². The van der Waals surface area contributed by atoms with Gasteiger partial charge in [0.25, 0.3) is 0 Å². The lowest BCUT2D eigenvalue weighted by Gasteiger charge is -2.28. The quantitative estimate of drug-likeness (QED) is 0.757. The molecule has 0 aromatic carbocycles. The van der Waals surface area contributed by atoms with Gasteiger partial charge in [-0.05, 0) is 25.8 Å². The summed E-state index contributed by atoms with van der Waals surface area (Å²) in [6.45, 7) is 5.98. The molecule has 2 saturated heterocycles. The Labute approximate surface area is 97.8 Å². The zero-order chi connectivity index (χ0) is 11.5. The number of carbonyl (C=O) groups is 1. The maximum atomic E-state index is 12.0. The molecule has 2 atom stereocenters. The molecule has 2 bridgehead atoms. The molecule has 2 aliphatic rings. The molecule has 92 valence electrons. The molecule has 2 N–H and O–H groups in total. The number of hydrogen-bond acceptors (Lipinski definition) is 3. The van der Waals surface area contributed by atoms with Crippen LogP contribution in [0.1, 0.15) is 32.6 Å². The van der Waals surface area contributed by atoms with E-state index in [0.29, 0.717) is 25.0 Å². The number of carbonyl (C=O) groups excluding carboxylic acids is 1. The summed E-state index contributed by atoms with van der Waals surface area (Å²) in [4.78, 5) is 16.6. The van der Waals surface area contributed by atoms with Crippen LogP contribution >= 0.6 is 0 Å². The first-order valence-electron chi connectivity index (χ1n) is 6.49. The predicted octanol–water partition coefficient (Wildman–Crippen LogP) is 0.420. The Balaban J connectivity index is 2.05. The van der Waals surface area contributed by atoms with E-state index < -0.39 is 0 Å². The smallest absolute Gasteiger partial charge is 0.224 e. The fourth-order valence-electron chi connectivity index (χ4n) is 3.09. The number of likely N-dealkylation sites (tertiary alicyclic amines) is 1. The summed E-state index contributed by atoms with van der Waals surface area (Å²) in [6, 6.07) is 0.937. The second-order valence-corrected chi connectivity index (χ2v) is 4.91. The van der Waals surface area contributed by atoms with E-state index in [-0.39, 0.29) is 5.91 Å². The number of fused-ring (bicyclic) bond motifs is 2. The summed E-state index contributed by atoms with van der Waals surface area (Å²) in [5, 5.41) is 0. The Kier molecular flexibility index (Phi) is 3.82. The average Bonchev–Trinajstić information content (AvgIpc) is 2.54. The van der Waals surface area contributed by atoms with Crippen LogP contribution in [0.15, 0.2) is 0 Å². The van der Waals surface area contributed by atoms with Gasteiger partial charge in [-0.25, -0.2) is 0 Å². The van der Waals surface area contributed by atoms with Crippen molar-refractivity contribution >= 4 is 5.91 Å². The zero-order valence-electron chi connectivity index (χ0n) is 10.2. The largest absolute Gasteiger partial charge is 0.335 e. The van der Waals surface area contributed by atoms with Crippen molar-refractivity contribution in [2.24, 2.45) is 5.73 Å². The van der Waals surface area contributed by atoms with E-state index in [2.05, 4.69) is 16.7 Å². The number of hydrogen-bond donors (Lipinski definition) is 1. The molecular formula is C12H23N3O. The number of amides is 1. The highest BCUT2D eigenvalue weighted by atomic mass is 16.2. The molecule has 0 aromatic rings. The van der Waals surface area contributed by atoms with Gasteiger partial charge in [0.2, 0.25) is 5.91 Å². The van der Waals surface area contributed by atoms with E-state index in [9.17, 15) is 4.79 Å². The van der Waals surface area contributed by atoms with Crippen molar-refractivity contribution in [2.75, 3.05) is 26.2 Å². The second kappa shape index (κ2) is 5.15. The van der Waals surface area contributed by atoms with Gasteiger partial charge in [-0.2, -0.15) is 0 Å². The standard InChI is InChI=1S/C12H23N3O/c1-2-14-8-6-10-3-4-11(9-14)15(10)12(16)5-7-13/h10-11H,2-9,13H2,1H3. The Morgan fingerprint density at radius 2 is 2.06 bits per heavy atom. The minimum atomic E-state index is 0.271. The van der Waals surface area contributed by atoms with Crippen molar-refractivity contribution in [3.63, 3.8) is 0 Å². The van der Waals surface area contributed by atoms with E-state index in [1.165, 1.54) is 12.8 Å². The molecule has 0 aromatic heterocycles. The van der Waals surface area contributed by atoms with Crippen LogP contribution in [0.5, 0.6) is 0 Å². The van der Waals surface area contributed by atoms with Crippen LogP contribution in [0, 0.1) is 0 Å². The average molecular weight is 225 g/mol. The zero-order valence-corrected chi connectivity index (χ0v) is 10.2. The van der Waals surface area contributed by atoms with Crippen LogP contribution in [-0.2, 0) is 4.79 Å². The van der Waals surface area contributed by atoms with Gasteiger partial charge in [-0.1, -0.05) is 6.92 Å². The Morgan fingerprint density at radius 3 is 2.75 bits per heavy atom. The van der Waals surface area contributed by atoms with Crippen molar-refractivity contribution in [2.45, 2.75) is 44.7 Å². The molecule has 2 rings (SSSR count). The number of nitrogens with zero attached hydrogens (tertiary/aromatic N) is 2. The third-order valence-electron chi connectivity index (χ3n) is 3.96. The van der Waals surface area contributed by atoms with Crippen LogP contribution in [0.25, 0.3) is 0 Å². The highest BCUT2D eigenvalue weighted by Crippen LogP contribution is 2.30. The fourth-order valence-corrected chi connectivity index (χ4v) is 3.09. The first kappa shape index (κ1) is 11.9. The first-order valence-corrected chi connectivity index (χ1v) is 6.49. The van der Waals surface area contributed by atoms with E-state index in [4.69, 9.17) is 5.73 Å². The SMILES string of the molecule is CCN1CCC2CCC(C1)N2C(=O)CCN. The summed E-state index contributed by atoms with van der Waals surface area (Å²) in [7, 11) is 0. The molecule has 2 aliphatic heterocycles. The Hall–Kier alpha value is -0.610. The molecule has 0 radical (unpaired) electrons. The molecule has 16 heavy (non-hydrogen) atoms. The number of nitrogens with two attached hydrogens (primary N) is 1. The van der Waals surface area contributed by atoms with Gasteiger partial charge < -0.3 is 15.5 Å². The number of likely N-dealkylation sites (N-methyl/N-ethyl adjacent to an activating group) is 1. The van der Waals surface area contributed by atoms with Crippen LogP contribution in [-0.4, -0.2) is 54.0 Å². The summed E-state index contributed by atoms with van der Waals surface area (Å²) >= 11 is 0. The maximum Gasteiger partial charge on any atom is 0.224 e. The normalized spacial score (nSPS) is 30.5. The molecule has 2 unspecified atom stereocenters. The van der Waals surface area contributed by atoms with E-state index in [1.807, 2.05) is 0 Å².